The molecule has 0 unspecified atom stereocenters. The SMILES string of the molecule is COc1c(O)cccc1C(=O)N1CCN(C(=O)COc2cc(C)cc(C)c2)CC1. The third kappa shape index (κ3) is 4.80. The number of aryl methyl sites for hydroxylation is 2. The summed E-state index contributed by atoms with van der Waals surface area (Å²) in [5, 5.41) is 9.88. The Labute approximate surface area is 170 Å². The van der Waals surface area contributed by atoms with E-state index in [2.05, 4.69) is 0 Å². The topological polar surface area (TPSA) is 79.3 Å². The Morgan fingerprint density at radius 2 is 1.62 bits per heavy atom. The number of piperazine rings is 1. The fourth-order valence-corrected chi connectivity index (χ4v) is 3.49. The lowest BCUT2D eigenvalue weighted by atomic mass is 10.1. The fourth-order valence-electron chi connectivity index (χ4n) is 3.49. The van der Waals surface area contributed by atoms with Crippen molar-refractivity contribution in [2.45, 2.75) is 13.8 Å². The summed E-state index contributed by atoms with van der Waals surface area (Å²) in [4.78, 5) is 28.6. The van der Waals surface area contributed by atoms with E-state index >= 15 is 0 Å². The molecule has 0 bridgehead atoms. The highest BCUT2D eigenvalue weighted by Gasteiger charge is 2.27. The zero-order valence-electron chi connectivity index (χ0n) is 17.0. The number of aromatic hydroxyl groups is 1. The Balaban J connectivity index is 1.55. The number of ether oxygens (including phenoxy) is 2. The van der Waals surface area contributed by atoms with E-state index in [0.717, 1.165) is 11.1 Å². The first-order chi connectivity index (χ1) is 13.9. The molecule has 154 valence electrons. The van der Waals surface area contributed by atoms with Crippen LogP contribution in [0.25, 0.3) is 0 Å². The number of carbonyl (C=O) groups is 2. The Kier molecular flexibility index (Phi) is 6.26. The lowest BCUT2D eigenvalue weighted by Crippen LogP contribution is -2.51. The zero-order valence-corrected chi connectivity index (χ0v) is 17.0. The van der Waals surface area contributed by atoms with Gasteiger partial charge in [-0.05, 0) is 49.2 Å². The molecule has 7 nitrogen and oxygen atoms in total. The molecule has 2 amide bonds. The number of phenolic OH excluding ortho intramolecular Hbond substituents is 1. The van der Waals surface area contributed by atoms with Crippen LogP contribution in [0.5, 0.6) is 17.2 Å². The Morgan fingerprint density at radius 1 is 1.00 bits per heavy atom. The number of hydrogen-bond acceptors (Lipinski definition) is 5. The van der Waals surface area contributed by atoms with Gasteiger partial charge in [-0.25, -0.2) is 0 Å². The molecule has 1 saturated heterocycles. The third-order valence-electron chi connectivity index (χ3n) is 4.91. The quantitative estimate of drug-likeness (QED) is 0.837. The molecular weight excluding hydrogens is 372 g/mol. The van der Waals surface area contributed by atoms with E-state index in [1.807, 2.05) is 32.0 Å². The van der Waals surface area contributed by atoms with E-state index in [1.165, 1.54) is 13.2 Å². The molecular formula is C22H26N2O5. The van der Waals surface area contributed by atoms with Crippen molar-refractivity contribution in [2.75, 3.05) is 39.9 Å². The second kappa shape index (κ2) is 8.86. The van der Waals surface area contributed by atoms with E-state index in [-0.39, 0.29) is 29.9 Å². The van der Waals surface area contributed by atoms with Crippen molar-refractivity contribution in [3.63, 3.8) is 0 Å². The molecule has 7 heteroatoms. The summed E-state index contributed by atoms with van der Waals surface area (Å²) in [7, 11) is 1.41. The molecule has 3 rings (SSSR count). The molecule has 29 heavy (non-hydrogen) atoms. The third-order valence-corrected chi connectivity index (χ3v) is 4.91. The van der Waals surface area contributed by atoms with Crippen LogP contribution in [0.2, 0.25) is 0 Å². The van der Waals surface area contributed by atoms with Crippen molar-refractivity contribution in [3.8, 4) is 17.2 Å². The smallest absolute Gasteiger partial charge is 0.260 e. The number of benzene rings is 2. The van der Waals surface area contributed by atoms with Crippen molar-refractivity contribution < 1.29 is 24.2 Å². The highest BCUT2D eigenvalue weighted by atomic mass is 16.5. The van der Waals surface area contributed by atoms with Crippen molar-refractivity contribution >= 4 is 11.8 Å². The van der Waals surface area contributed by atoms with E-state index in [1.54, 1.807) is 21.9 Å². The number of phenols is 1. The molecule has 0 spiro atoms. The highest BCUT2D eigenvalue weighted by Crippen LogP contribution is 2.30. The van der Waals surface area contributed by atoms with Crippen molar-refractivity contribution in [2.24, 2.45) is 0 Å². The van der Waals surface area contributed by atoms with Gasteiger partial charge < -0.3 is 24.4 Å². The van der Waals surface area contributed by atoms with Gasteiger partial charge in [-0.15, -0.1) is 0 Å². The number of methoxy groups -OCH3 is 1. The van der Waals surface area contributed by atoms with Crippen LogP contribution in [0.1, 0.15) is 21.5 Å². The van der Waals surface area contributed by atoms with Gasteiger partial charge in [0.2, 0.25) is 0 Å². The monoisotopic (exact) mass is 398 g/mol. The summed E-state index contributed by atoms with van der Waals surface area (Å²) in [5.41, 5.74) is 2.48. The minimum absolute atomic E-state index is 0.0305. The molecule has 2 aromatic rings. The molecule has 0 atom stereocenters. The first-order valence-corrected chi connectivity index (χ1v) is 9.53. The Bertz CT molecular complexity index is 884. The number of carbonyl (C=O) groups excluding carboxylic acids is 2. The maximum atomic E-state index is 12.8. The maximum Gasteiger partial charge on any atom is 0.260 e. The standard InChI is InChI=1S/C22H26N2O5/c1-15-11-16(2)13-17(12-15)29-14-20(26)23-7-9-24(10-8-23)22(27)18-5-4-6-19(25)21(18)28-3/h4-6,11-13,25H,7-10,14H2,1-3H3. The molecule has 1 N–H and O–H groups in total. The van der Waals surface area contributed by atoms with Crippen LogP contribution < -0.4 is 9.47 Å². The lowest BCUT2D eigenvalue weighted by molar-refractivity contribution is -0.134. The molecule has 2 aromatic carbocycles. The number of hydrogen-bond donors (Lipinski definition) is 1. The average Bonchev–Trinajstić information content (AvgIpc) is 2.70. The van der Waals surface area contributed by atoms with Gasteiger partial charge in [-0.2, -0.15) is 0 Å². The van der Waals surface area contributed by atoms with Crippen LogP contribution in [-0.2, 0) is 4.79 Å². The maximum absolute atomic E-state index is 12.8. The molecule has 1 fully saturated rings. The summed E-state index contributed by atoms with van der Waals surface area (Å²) in [6.45, 7) is 5.62. The van der Waals surface area contributed by atoms with Crippen LogP contribution in [0.4, 0.5) is 0 Å². The van der Waals surface area contributed by atoms with E-state index in [4.69, 9.17) is 9.47 Å². The summed E-state index contributed by atoms with van der Waals surface area (Å²) < 4.78 is 10.8. The molecule has 0 radical (unpaired) electrons. The number of nitrogens with zero attached hydrogens (tertiary/aromatic N) is 2. The molecule has 1 heterocycles. The van der Waals surface area contributed by atoms with Crippen LogP contribution in [0, 0.1) is 13.8 Å². The minimum atomic E-state index is -0.226. The van der Waals surface area contributed by atoms with Gasteiger partial charge in [0.05, 0.1) is 12.7 Å². The minimum Gasteiger partial charge on any atom is -0.504 e. The van der Waals surface area contributed by atoms with Crippen molar-refractivity contribution in [1.82, 2.24) is 9.80 Å². The first kappa shape index (κ1) is 20.5. The Hall–Kier alpha value is -3.22. The predicted octanol–water partition coefficient (Wildman–Crippen LogP) is 2.38. The molecule has 0 aromatic heterocycles. The molecule has 0 saturated carbocycles. The van der Waals surface area contributed by atoms with Crippen LogP contribution in [0.3, 0.4) is 0 Å². The number of amides is 2. The molecule has 1 aliphatic rings. The summed E-state index contributed by atoms with van der Waals surface area (Å²) in [6.07, 6.45) is 0. The van der Waals surface area contributed by atoms with E-state index in [9.17, 15) is 14.7 Å². The Morgan fingerprint density at radius 3 is 2.24 bits per heavy atom. The summed E-state index contributed by atoms with van der Waals surface area (Å²) in [6, 6.07) is 10.6. The van der Waals surface area contributed by atoms with Crippen LogP contribution in [-0.4, -0.2) is 66.6 Å². The van der Waals surface area contributed by atoms with Gasteiger partial charge in [0, 0.05) is 26.2 Å². The fraction of sp³-hybridized carbons (Fsp3) is 0.364. The van der Waals surface area contributed by atoms with Crippen molar-refractivity contribution in [3.05, 3.63) is 53.1 Å². The van der Waals surface area contributed by atoms with Gasteiger partial charge in [0.1, 0.15) is 5.75 Å². The number of rotatable bonds is 5. The lowest BCUT2D eigenvalue weighted by Gasteiger charge is -2.35. The average molecular weight is 398 g/mol. The first-order valence-electron chi connectivity index (χ1n) is 9.53. The predicted molar refractivity (Wildman–Crippen MR) is 109 cm³/mol. The zero-order chi connectivity index (χ0) is 21.0. The molecule has 1 aliphatic heterocycles. The van der Waals surface area contributed by atoms with E-state index in [0.29, 0.717) is 37.5 Å². The normalized spacial score (nSPS) is 13.9. The molecule has 0 aliphatic carbocycles. The van der Waals surface area contributed by atoms with Gasteiger partial charge in [-0.1, -0.05) is 12.1 Å². The summed E-state index contributed by atoms with van der Waals surface area (Å²) >= 11 is 0. The van der Waals surface area contributed by atoms with Crippen LogP contribution >= 0.6 is 0 Å². The van der Waals surface area contributed by atoms with Crippen molar-refractivity contribution in [1.29, 1.82) is 0 Å². The van der Waals surface area contributed by atoms with Crippen LogP contribution in [0.15, 0.2) is 36.4 Å². The largest absolute Gasteiger partial charge is 0.504 e. The summed E-state index contributed by atoms with van der Waals surface area (Å²) in [5.74, 6) is 0.441. The highest BCUT2D eigenvalue weighted by molar-refractivity contribution is 5.98. The second-order valence-corrected chi connectivity index (χ2v) is 7.14. The van der Waals surface area contributed by atoms with E-state index < -0.39 is 0 Å². The van der Waals surface area contributed by atoms with Gasteiger partial charge in [-0.3, -0.25) is 9.59 Å². The van der Waals surface area contributed by atoms with Gasteiger partial charge in [0.15, 0.2) is 18.1 Å². The second-order valence-electron chi connectivity index (χ2n) is 7.14. The number of para-hydroxylation sites is 1. The van der Waals surface area contributed by atoms with Gasteiger partial charge in [0.25, 0.3) is 11.8 Å². The van der Waals surface area contributed by atoms with Gasteiger partial charge >= 0.3 is 0 Å².